The van der Waals surface area contributed by atoms with Crippen molar-refractivity contribution < 1.29 is 28.5 Å². The highest BCUT2D eigenvalue weighted by atomic mass is 16.5. The van der Waals surface area contributed by atoms with Gasteiger partial charge in [0.1, 0.15) is 23.2 Å². The average Bonchev–Trinajstić information content (AvgIpc) is 2.78. The van der Waals surface area contributed by atoms with Crippen molar-refractivity contribution in [2.45, 2.75) is 19.3 Å². The van der Waals surface area contributed by atoms with Crippen LogP contribution < -0.4 is 14.2 Å². The number of allylic oxidation sites excluding steroid dienone is 2. The van der Waals surface area contributed by atoms with Crippen LogP contribution in [-0.2, 0) is 14.3 Å². The van der Waals surface area contributed by atoms with Gasteiger partial charge in [0, 0.05) is 17.5 Å². The molecule has 6 nitrogen and oxygen atoms in total. The summed E-state index contributed by atoms with van der Waals surface area (Å²) in [5, 5.41) is 0. The molecule has 0 saturated carbocycles. The maximum Gasteiger partial charge on any atom is 0.317 e. The highest BCUT2D eigenvalue weighted by molar-refractivity contribution is 6.11. The molecule has 0 saturated heterocycles. The van der Waals surface area contributed by atoms with Crippen molar-refractivity contribution in [2.24, 2.45) is 5.92 Å². The predicted molar refractivity (Wildman–Crippen MR) is 113 cm³/mol. The van der Waals surface area contributed by atoms with E-state index in [0.717, 1.165) is 16.7 Å². The zero-order valence-electron chi connectivity index (χ0n) is 17.6. The third-order valence-electron chi connectivity index (χ3n) is 5.30. The van der Waals surface area contributed by atoms with Crippen LogP contribution in [0.2, 0.25) is 0 Å². The first-order valence-corrected chi connectivity index (χ1v) is 9.80. The molecule has 158 valence electrons. The number of benzene rings is 2. The van der Waals surface area contributed by atoms with Crippen LogP contribution in [0.3, 0.4) is 0 Å². The molecule has 0 heterocycles. The van der Waals surface area contributed by atoms with Crippen LogP contribution in [0.4, 0.5) is 0 Å². The summed E-state index contributed by atoms with van der Waals surface area (Å²) in [6, 6.07) is 12.9. The van der Waals surface area contributed by atoms with Crippen molar-refractivity contribution in [1.29, 1.82) is 0 Å². The number of ether oxygens (including phenoxy) is 4. The number of esters is 1. The molecule has 0 fully saturated rings. The van der Waals surface area contributed by atoms with Crippen LogP contribution in [0.25, 0.3) is 5.57 Å². The third kappa shape index (κ3) is 4.17. The molecule has 6 heteroatoms. The van der Waals surface area contributed by atoms with Gasteiger partial charge in [0.25, 0.3) is 0 Å². The van der Waals surface area contributed by atoms with Crippen LogP contribution in [0.15, 0.2) is 48.5 Å². The van der Waals surface area contributed by atoms with Crippen molar-refractivity contribution in [2.75, 3.05) is 27.9 Å². The largest absolute Gasteiger partial charge is 0.497 e. The van der Waals surface area contributed by atoms with E-state index in [4.69, 9.17) is 18.9 Å². The Hall–Kier alpha value is -3.28. The maximum atomic E-state index is 13.1. The van der Waals surface area contributed by atoms with E-state index in [2.05, 4.69) is 0 Å². The van der Waals surface area contributed by atoms with Crippen molar-refractivity contribution in [3.63, 3.8) is 0 Å². The molecule has 2 atom stereocenters. The van der Waals surface area contributed by atoms with Gasteiger partial charge in [0.15, 0.2) is 5.78 Å². The zero-order valence-corrected chi connectivity index (χ0v) is 17.6. The second-order valence-electron chi connectivity index (χ2n) is 6.92. The van der Waals surface area contributed by atoms with E-state index >= 15 is 0 Å². The van der Waals surface area contributed by atoms with Gasteiger partial charge in [-0.3, -0.25) is 9.59 Å². The molecule has 0 unspecified atom stereocenters. The minimum atomic E-state index is -0.922. The second kappa shape index (κ2) is 9.48. The lowest BCUT2D eigenvalue weighted by Gasteiger charge is -2.30. The smallest absolute Gasteiger partial charge is 0.317 e. The molecule has 2 aromatic carbocycles. The summed E-state index contributed by atoms with van der Waals surface area (Å²) in [4.78, 5) is 25.8. The monoisotopic (exact) mass is 410 g/mol. The molecular formula is C24H26O6. The molecule has 0 spiro atoms. The number of carbonyl (C=O) groups excluding carboxylic acids is 2. The quantitative estimate of drug-likeness (QED) is 0.507. The van der Waals surface area contributed by atoms with Crippen LogP contribution in [0.1, 0.15) is 30.4 Å². The Bertz CT molecular complexity index is 962. The van der Waals surface area contributed by atoms with Gasteiger partial charge < -0.3 is 18.9 Å². The Balaban J connectivity index is 2.10. The lowest BCUT2D eigenvalue weighted by atomic mass is 9.73. The normalized spacial score (nSPS) is 18.4. The van der Waals surface area contributed by atoms with Gasteiger partial charge >= 0.3 is 5.97 Å². The molecule has 0 aromatic heterocycles. The van der Waals surface area contributed by atoms with Gasteiger partial charge in [-0.2, -0.15) is 0 Å². The van der Waals surface area contributed by atoms with Gasteiger partial charge in [-0.1, -0.05) is 18.2 Å². The van der Waals surface area contributed by atoms with Crippen molar-refractivity contribution in [1.82, 2.24) is 0 Å². The molecular weight excluding hydrogens is 384 g/mol. The van der Waals surface area contributed by atoms with Gasteiger partial charge in [0.2, 0.25) is 0 Å². The number of ketones is 1. The molecule has 1 aliphatic rings. The Labute approximate surface area is 176 Å². The molecule has 1 aliphatic carbocycles. The van der Waals surface area contributed by atoms with Crippen molar-refractivity contribution in [3.8, 4) is 17.2 Å². The predicted octanol–water partition coefficient (Wildman–Crippen LogP) is 4.03. The highest BCUT2D eigenvalue weighted by Gasteiger charge is 2.41. The molecule has 0 aliphatic heterocycles. The summed E-state index contributed by atoms with van der Waals surface area (Å²) in [5.74, 6) is -0.258. The van der Waals surface area contributed by atoms with Crippen LogP contribution in [0, 0.1) is 5.92 Å². The maximum absolute atomic E-state index is 13.1. The van der Waals surface area contributed by atoms with Crippen molar-refractivity contribution >= 4 is 17.3 Å². The highest BCUT2D eigenvalue weighted by Crippen LogP contribution is 2.45. The van der Waals surface area contributed by atoms with E-state index in [-0.39, 0.29) is 12.4 Å². The standard InChI is InChI=1S/C24H26O6/c1-5-30-24(26)23-19(18-8-6-7-9-21(18)28-3)12-15(13-20(23)25)17-11-10-16(27-2)14-22(17)29-4/h6-11,13-14,19,23H,5,12H2,1-4H3/t19-,23-/m1/s1. The van der Waals surface area contributed by atoms with E-state index in [1.807, 2.05) is 36.4 Å². The SMILES string of the molecule is CCOC(=O)[C@H]1C(=O)C=C(c2ccc(OC)cc2OC)C[C@@H]1c1ccccc1OC. The third-order valence-corrected chi connectivity index (χ3v) is 5.30. The average molecular weight is 410 g/mol. The van der Waals surface area contributed by atoms with Gasteiger partial charge in [-0.15, -0.1) is 0 Å². The van der Waals surface area contributed by atoms with Gasteiger partial charge in [-0.25, -0.2) is 0 Å². The van der Waals surface area contributed by atoms with E-state index in [1.165, 1.54) is 6.08 Å². The fourth-order valence-electron chi connectivity index (χ4n) is 3.90. The topological polar surface area (TPSA) is 71.1 Å². The molecule has 30 heavy (non-hydrogen) atoms. The Morgan fingerprint density at radius 1 is 1.00 bits per heavy atom. The summed E-state index contributed by atoms with van der Waals surface area (Å²) in [5.41, 5.74) is 2.37. The summed E-state index contributed by atoms with van der Waals surface area (Å²) in [7, 11) is 4.73. The lowest BCUT2D eigenvalue weighted by Crippen LogP contribution is -2.34. The van der Waals surface area contributed by atoms with Gasteiger partial charge in [0.05, 0.1) is 27.9 Å². The Kier molecular flexibility index (Phi) is 6.77. The number of methoxy groups -OCH3 is 3. The number of rotatable bonds is 7. The first-order valence-electron chi connectivity index (χ1n) is 9.80. The lowest BCUT2D eigenvalue weighted by molar-refractivity contribution is -0.151. The first kappa shape index (κ1) is 21.4. The minimum Gasteiger partial charge on any atom is -0.497 e. The van der Waals surface area contributed by atoms with Crippen LogP contribution in [0.5, 0.6) is 17.2 Å². The Morgan fingerprint density at radius 2 is 1.73 bits per heavy atom. The first-order chi connectivity index (χ1) is 14.5. The molecule has 0 amide bonds. The van der Waals surface area contributed by atoms with E-state index in [1.54, 1.807) is 34.3 Å². The van der Waals surface area contributed by atoms with Gasteiger partial charge in [-0.05, 0) is 48.8 Å². The fraction of sp³-hybridized carbons (Fsp3) is 0.333. The van der Waals surface area contributed by atoms with E-state index in [9.17, 15) is 9.59 Å². The van der Waals surface area contributed by atoms with E-state index in [0.29, 0.717) is 23.7 Å². The zero-order chi connectivity index (χ0) is 21.7. The Morgan fingerprint density at radius 3 is 2.40 bits per heavy atom. The summed E-state index contributed by atoms with van der Waals surface area (Å²) < 4.78 is 21.5. The fourth-order valence-corrected chi connectivity index (χ4v) is 3.90. The number of carbonyl (C=O) groups is 2. The number of hydrogen-bond donors (Lipinski definition) is 0. The number of hydrogen-bond acceptors (Lipinski definition) is 6. The second-order valence-corrected chi connectivity index (χ2v) is 6.92. The molecule has 0 N–H and O–H groups in total. The van der Waals surface area contributed by atoms with Crippen LogP contribution >= 0.6 is 0 Å². The van der Waals surface area contributed by atoms with Crippen LogP contribution in [-0.4, -0.2) is 39.7 Å². The minimum absolute atomic E-state index is 0.212. The van der Waals surface area contributed by atoms with Crippen molar-refractivity contribution in [3.05, 3.63) is 59.7 Å². The summed E-state index contributed by atoms with van der Waals surface area (Å²) in [6.45, 7) is 1.94. The molecule has 0 radical (unpaired) electrons. The molecule has 2 aromatic rings. The molecule has 0 bridgehead atoms. The number of para-hydroxylation sites is 1. The van der Waals surface area contributed by atoms with E-state index < -0.39 is 17.8 Å². The molecule has 3 rings (SSSR count). The summed E-state index contributed by atoms with van der Waals surface area (Å²) >= 11 is 0. The summed E-state index contributed by atoms with van der Waals surface area (Å²) in [6.07, 6.45) is 1.98.